The lowest BCUT2D eigenvalue weighted by Crippen LogP contribution is -2.45. The molecule has 0 amide bonds. The Balaban J connectivity index is 1.51. The Hall–Kier alpha value is -1.34. The summed E-state index contributed by atoms with van der Waals surface area (Å²) in [5, 5.41) is 23.7. The summed E-state index contributed by atoms with van der Waals surface area (Å²) in [5.74, 6) is 1.37. The van der Waals surface area contributed by atoms with E-state index in [2.05, 4.69) is 5.32 Å². The van der Waals surface area contributed by atoms with E-state index in [9.17, 15) is 10.2 Å². The third-order valence-corrected chi connectivity index (χ3v) is 4.00. The first kappa shape index (κ1) is 14.6. The maximum absolute atomic E-state index is 10.3. The molecule has 1 fully saturated rings. The van der Waals surface area contributed by atoms with Gasteiger partial charge in [0.15, 0.2) is 11.5 Å². The average Bonchev–Trinajstić information content (AvgIpc) is 2.95. The van der Waals surface area contributed by atoms with Crippen LogP contribution in [0.3, 0.4) is 0 Å². The van der Waals surface area contributed by atoms with Crippen molar-refractivity contribution in [3.05, 3.63) is 23.8 Å². The topological polar surface area (TPSA) is 80.2 Å². The molecule has 2 heterocycles. The highest BCUT2D eigenvalue weighted by Gasteiger charge is 2.29. The number of ether oxygens (including phenoxy) is 3. The number of benzene rings is 1. The highest BCUT2D eigenvalue weighted by molar-refractivity contribution is 5.45. The first-order chi connectivity index (χ1) is 10.2. The van der Waals surface area contributed by atoms with Crippen LogP contribution in [-0.4, -0.2) is 48.9 Å². The molecule has 6 heteroatoms. The highest BCUT2D eigenvalue weighted by Crippen LogP contribution is 2.34. The average molecular weight is 295 g/mol. The van der Waals surface area contributed by atoms with Crippen molar-refractivity contribution in [2.75, 3.05) is 33.1 Å². The predicted octanol–water partition coefficient (Wildman–Crippen LogP) is 0.580. The zero-order valence-electron chi connectivity index (χ0n) is 11.9. The van der Waals surface area contributed by atoms with Gasteiger partial charge in [-0.05, 0) is 17.7 Å². The van der Waals surface area contributed by atoms with Gasteiger partial charge in [0.05, 0.1) is 11.7 Å². The fourth-order valence-electron chi connectivity index (χ4n) is 2.61. The molecule has 1 aromatic rings. The molecule has 3 rings (SSSR count). The summed E-state index contributed by atoms with van der Waals surface area (Å²) in [6.07, 6.45) is 0.600. The standard InChI is InChI=1S/C15H21NO5/c17-12(8-16-9-15(18)3-5-19-6-4-15)11-1-2-13-14(7-11)21-10-20-13/h1-2,7,12,16-18H,3-6,8-10H2. The van der Waals surface area contributed by atoms with Crippen LogP contribution in [0.5, 0.6) is 11.5 Å². The SMILES string of the molecule is OC(CNCC1(O)CCOCC1)c1ccc2c(c1)OCO2. The van der Waals surface area contributed by atoms with E-state index in [0.29, 0.717) is 50.6 Å². The second-order valence-corrected chi connectivity index (χ2v) is 5.60. The minimum atomic E-state index is -0.729. The Morgan fingerprint density at radius 3 is 2.76 bits per heavy atom. The van der Waals surface area contributed by atoms with Crippen LogP contribution in [0.15, 0.2) is 18.2 Å². The van der Waals surface area contributed by atoms with Crippen LogP contribution in [0.1, 0.15) is 24.5 Å². The molecule has 0 aliphatic carbocycles. The van der Waals surface area contributed by atoms with Gasteiger partial charge in [-0.15, -0.1) is 0 Å². The van der Waals surface area contributed by atoms with Crippen LogP contribution in [0, 0.1) is 0 Å². The Bertz CT molecular complexity index is 487. The number of rotatable bonds is 5. The zero-order chi connectivity index (χ0) is 14.7. The maximum atomic E-state index is 10.3. The van der Waals surface area contributed by atoms with Gasteiger partial charge in [-0.2, -0.15) is 0 Å². The normalized spacial score (nSPS) is 21.2. The van der Waals surface area contributed by atoms with Gasteiger partial charge in [-0.3, -0.25) is 0 Å². The lowest BCUT2D eigenvalue weighted by Gasteiger charge is -2.32. The molecule has 1 unspecified atom stereocenters. The van der Waals surface area contributed by atoms with Crippen molar-refractivity contribution in [1.82, 2.24) is 5.32 Å². The summed E-state index contributed by atoms with van der Waals surface area (Å²) in [5.41, 5.74) is 0.0399. The van der Waals surface area contributed by atoms with Crippen LogP contribution in [0.2, 0.25) is 0 Å². The molecule has 2 aliphatic heterocycles. The van der Waals surface area contributed by atoms with Crippen LogP contribution in [0.4, 0.5) is 0 Å². The molecular formula is C15H21NO5. The Morgan fingerprint density at radius 1 is 1.19 bits per heavy atom. The third kappa shape index (κ3) is 3.47. The zero-order valence-corrected chi connectivity index (χ0v) is 11.9. The first-order valence-corrected chi connectivity index (χ1v) is 7.25. The van der Waals surface area contributed by atoms with Crippen molar-refractivity contribution < 1.29 is 24.4 Å². The van der Waals surface area contributed by atoms with E-state index in [-0.39, 0.29) is 6.79 Å². The van der Waals surface area contributed by atoms with Gasteiger partial charge >= 0.3 is 0 Å². The number of hydrogen-bond acceptors (Lipinski definition) is 6. The van der Waals surface area contributed by atoms with Crippen LogP contribution >= 0.6 is 0 Å². The lowest BCUT2D eigenvalue weighted by atomic mass is 9.94. The monoisotopic (exact) mass is 295 g/mol. The Labute approximate surface area is 123 Å². The second kappa shape index (κ2) is 6.19. The predicted molar refractivity (Wildman–Crippen MR) is 75.4 cm³/mol. The fraction of sp³-hybridized carbons (Fsp3) is 0.600. The summed E-state index contributed by atoms with van der Waals surface area (Å²) >= 11 is 0. The van der Waals surface area contributed by atoms with Gasteiger partial charge in [-0.25, -0.2) is 0 Å². The van der Waals surface area contributed by atoms with Crippen molar-refractivity contribution in [1.29, 1.82) is 0 Å². The molecule has 116 valence electrons. The molecule has 0 radical (unpaired) electrons. The van der Waals surface area contributed by atoms with Crippen molar-refractivity contribution in [2.45, 2.75) is 24.5 Å². The van der Waals surface area contributed by atoms with Gasteiger partial charge in [0.25, 0.3) is 0 Å². The maximum Gasteiger partial charge on any atom is 0.231 e. The number of hydrogen-bond donors (Lipinski definition) is 3. The third-order valence-electron chi connectivity index (χ3n) is 4.00. The first-order valence-electron chi connectivity index (χ1n) is 7.25. The summed E-state index contributed by atoms with van der Waals surface area (Å²) in [7, 11) is 0. The van der Waals surface area contributed by atoms with E-state index >= 15 is 0 Å². The number of aliphatic hydroxyl groups excluding tert-OH is 1. The molecule has 0 aromatic heterocycles. The van der Waals surface area contributed by atoms with Crippen molar-refractivity contribution in [3.63, 3.8) is 0 Å². The van der Waals surface area contributed by atoms with Gasteiger partial charge in [0.1, 0.15) is 0 Å². The van der Waals surface area contributed by atoms with E-state index in [1.807, 2.05) is 6.07 Å². The molecule has 0 spiro atoms. The van der Waals surface area contributed by atoms with Crippen molar-refractivity contribution in [2.24, 2.45) is 0 Å². The van der Waals surface area contributed by atoms with E-state index in [1.54, 1.807) is 12.1 Å². The van der Waals surface area contributed by atoms with Crippen molar-refractivity contribution in [3.8, 4) is 11.5 Å². The molecule has 1 atom stereocenters. The quantitative estimate of drug-likeness (QED) is 0.737. The molecule has 0 bridgehead atoms. The van der Waals surface area contributed by atoms with Gasteiger partial charge in [0, 0.05) is 39.1 Å². The summed E-state index contributed by atoms with van der Waals surface area (Å²) < 4.78 is 15.8. The van der Waals surface area contributed by atoms with Crippen LogP contribution in [0.25, 0.3) is 0 Å². The molecule has 0 saturated carbocycles. The second-order valence-electron chi connectivity index (χ2n) is 5.60. The number of fused-ring (bicyclic) bond motifs is 1. The Kier molecular flexibility index (Phi) is 4.30. The number of aliphatic hydroxyl groups is 2. The van der Waals surface area contributed by atoms with E-state index in [1.165, 1.54) is 0 Å². The molecule has 1 aromatic carbocycles. The summed E-state index contributed by atoms with van der Waals surface area (Å²) in [6.45, 7) is 2.23. The van der Waals surface area contributed by atoms with Crippen molar-refractivity contribution >= 4 is 0 Å². The lowest BCUT2D eigenvalue weighted by molar-refractivity contribution is -0.0623. The minimum Gasteiger partial charge on any atom is -0.454 e. The molecule has 21 heavy (non-hydrogen) atoms. The van der Waals surface area contributed by atoms with Crippen LogP contribution in [-0.2, 0) is 4.74 Å². The van der Waals surface area contributed by atoms with E-state index < -0.39 is 11.7 Å². The molecular weight excluding hydrogens is 274 g/mol. The largest absolute Gasteiger partial charge is 0.454 e. The van der Waals surface area contributed by atoms with Gasteiger partial charge in [0.2, 0.25) is 6.79 Å². The highest BCUT2D eigenvalue weighted by atomic mass is 16.7. The van der Waals surface area contributed by atoms with Crippen LogP contribution < -0.4 is 14.8 Å². The fourth-order valence-corrected chi connectivity index (χ4v) is 2.61. The molecule has 2 aliphatic rings. The number of nitrogens with one attached hydrogen (secondary N) is 1. The van der Waals surface area contributed by atoms with Gasteiger partial charge < -0.3 is 29.7 Å². The summed E-state index contributed by atoms with van der Waals surface area (Å²) in [4.78, 5) is 0. The summed E-state index contributed by atoms with van der Waals surface area (Å²) in [6, 6.07) is 5.41. The van der Waals surface area contributed by atoms with E-state index in [4.69, 9.17) is 14.2 Å². The minimum absolute atomic E-state index is 0.224. The smallest absolute Gasteiger partial charge is 0.231 e. The van der Waals surface area contributed by atoms with Gasteiger partial charge in [-0.1, -0.05) is 6.07 Å². The Morgan fingerprint density at radius 2 is 1.95 bits per heavy atom. The van der Waals surface area contributed by atoms with E-state index in [0.717, 1.165) is 5.56 Å². The molecule has 6 nitrogen and oxygen atoms in total. The molecule has 3 N–H and O–H groups in total. The molecule has 1 saturated heterocycles.